The smallest absolute Gasteiger partial charge is 0.231 e. The Morgan fingerprint density at radius 3 is 2.81 bits per heavy atom. The van der Waals surface area contributed by atoms with Gasteiger partial charge in [-0.15, -0.1) is 0 Å². The molecular formula is C10H10BrClN2OS. The van der Waals surface area contributed by atoms with E-state index in [1.807, 2.05) is 13.0 Å². The molecule has 3 nitrogen and oxygen atoms in total. The van der Waals surface area contributed by atoms with Crippen molar-refractivity contribution in [2.75, 3.05) is 5.32 Å². The Morgan fingerprint density at radius 1 is 1.62 bits per heavy atom. The fourth-order valence-electron chi connectivity index (χ4n) is 1.09. The van der Waals surface area contributed by atoms with Gasteiger partial charge >= 0.3 is 0 Å². The third-order valence-electron chi connectivity index (χ3n) is 1.86. The summed E-state index contributed by atoms with van der Waals surface area (Å²) in [5.74, 6) is -0.256. The van der Waals surface area contributed by atoms with E-state index < -0.39 is 0 Å². The minimum Gasteiger partial charge on any atom is -0.393 e. The zero-order chi connectivity index (χ0) is 12.3. The number of amides is 1. The van der Waals surface area contributed by atoms with Gasteiger partial charge in [0.05, 0.1) is 17.1 Å². The Bertz CT molecular complexity index is 451. The van der Waals surface area contributed by atoms with Crippen molar-refractivity contribution < 1.29 is 4.79 Å². The molecule has 1 aromatic carbocycles. The summed E-state index contributed by atoms with van der Waals surface area (Å²) in [5, 5.41) is 3.26. The molecule has 0 saturated carbocycles. The first-order valence-electron chi connectivity index (χ1n) is 4.44. The maximum absolute atomic E-state index is 11.4. The van der Waals surface area contributed by atoms with E-state index in [4.69, 9.17) is 17.3 Å². The fraction of sp³-hybridized carbons (Fsp3) is 0.200. The van der Waals surface area contributed by atoms with Crippen LogP contribution in [0.5, 0.6) is 0 Å². The maximum atomic E-state index is 11.4. The number of nitrogens with two attached hydrogens (primary N) is 1. The van der Waals surface area contributed by atoms with E-state index in [9.17, 15) is 4.79 Å². The van der Waals surface area contributed by atoms with Crippen LogP contribution in [0.25, 0.3) is 0 Å². The number of carbonyl (C=O) groups is 1. The van der Waals surface area contributed by atoms with Crippen molar-refractivity contribution in [3.63, 3.8) is 0 Å². The average molecular weight is 322 g/mol. The van der Waals surface area contributed by atoms with Gasteiger partial charge in [-0.1, -0.05) is 23.8 Å². The second-order valence-electron chi connectivity index (χ2n) is 3.27. The molecule has 0 aliphatic heterocycles. The van der Waals surface area contributed by atoms with E-state index in [1.165, 1.54) is 0 Å². The summed E-state index contributed by atoms with van der Waals surface area (Å²) in [6, 6.07) is 3.51. The maximum Gasteiger partial charge on any atom is 0.231 e. The third-order valence-corrected chi connectivity index (χ3v) is 3.06. The highest BCUT2D eigenvalue weighted by Crippen LogP contribution is 2.29. The van der Waals surface area contributed by atoms with E-state index in [0.29, 0.717) is 10.7 Å². The predicted molar refractivity (Wildman–Crippen MR) is 73.9 cm³/mol. The van der Waals surface area contributed by atoms with Gasteiger partial charge in [0.25, 0.3) is 0 Å². The van der Waals surface area contributed by atoms with E-state index >= 15 is 0 Å². The minimum absolute atomic E-state index is 0.0211. The second kappa shape index (κ2) is 5.61. The van der Waals surface area contributed by atoms with Crippen LogP contribution in [0, 0.1) is 6.92 Å². The Balaban J connectivity index is 2.85. The number of benzene rings is 1. The largest absolute Gasteiger partial charge is 0.393 e. The Kier molecular flexibility index (Phi) is 4.70. The molecular weight excluding hydrogens is 312 g/mol. The number of carbonyl (C=O) groups excluding carboxylic acids is 1. The predicted octanol–water partition coefficient (Wildman–Crippen LogP) is 3.03. The molecule has 16 heavy (non-hydrogen) atoms. The summed E-state index contributed by atoms with van der Waals surface area (Å²) in [4.78, 5) is 11.6. The van der Waals surface area contributed by atoms with Crippen LogP contribution < -0.4 is 11.1 Å². The molecule has 86 valence electrons. The van der Waals surface area contributed by atoms with Crippen LogP contribution in [-0.4, -0.2) is 10.9 Å². The molecule has 3 N–H and O–H groups in total. The number of hydrogen-bond acceptors (Lipinski definition) is 2. The quantitative estimate of drug-likeness (QED) is 0.841. The van der Waals surface area contributed by atoms with Gasteiger partial charge in [0.15, 0.2) is 0 Å². The summed E-state index contributed by atoms with van der Waals surface area (Å²) in [7, 11) is 0. The number of thiocarbonyl (C=S) groups is 1. The van der Waals surface area contributed by atoms with Crippen molar-refractivity contribution in [3.8, 4) is 0 Å². The van der Waals surface area contributed by atoms with Gasteiger partial charge in [0.2, 0.25) is 5.91 Å². The highest BCUT2D eigenvalue weighted by atomic mass is 79.9. The zero-order valence-corrected chi connectivity index (χ0v) is 11.7. The molecule has 0 aliphatic rings. The molecule has 0 unspecified atom stereocenters. The standard InChI is InChI=1S/C10H10BrClN2OS/c1-5-2-6(11)8(3-7(5)12)14-10(15)4-9(13)16/h2-3H,4H2,1H3,(H2,13,16)(H,14,15). The number of nitrogens with one attached hydrogen (secondary N) is 1. The number of aryl methyl sites for hydroxylation is 1. The number of rotatable bonds is 3. The molecule has 0 aliphatic carbocycles. The van der Waals surface area contributed by atoms with Gasteiger partial charge in [-0.05, 0) is 40.5 Å². The van der Waals surface area contributed by atoms with Crippen molar-refractivity contribution in [1.82, 2.24) is 0 Å². The van der Waals surface area contributed by atoms with E-state index in [0.717, 1.165) is 10.0 Å². The van der Waals surface area contributed by atoms with Crippen molar-refractivity contribution >= 4 is 56.3 Å². The first-order valence-corrected chi connectivity index (χ1v) is 6.02. The summed E-state index contributed by atoms with van der Waals surface area (Å²) < 4.78 is 0.769. The molecule has 0 bridgehead atoms. The third kappa shape index (κ3) is 3.73. The molecule has 1 rings (SSSR count). The fourth-order valence-corrected chi connectivity index (χ4v) is 1.95. The lowest BCUT2D eigenvalue weighted by Crippen LogP contribution is -2.20. The Labute approximate surface area is 112 Å². The van der Waals surface area contributed by atoms with E-state index in [-0.39, 0.29) is 17.3 Å². The van der Waals surface area contributed by atoms with Gasteiger partial charge in [0, 0.05) is 9.50 Å². The van der Waals surface area contributed by atoms with Crippen molar-refractivity contribution in [2.45, 2.75) is 13.3 Å². The highest BCUT2D eigenvalue weighted by Gasteiger charge is 2.08. The SMILES string of the molecule is Cc1cc(Br)c(NC(=O)CC(N)=S)cc1Cl. The minimum atomic E-state index is -0.256. The zero-order valence-electron chi connectivity index (χ0n) is 8.51. The highest BCUT2D eigenvalue weighted by molar-refractivity contribution is 9.10. The van der Waals surface area contributed by atoms with Gasteiger partial charge < -0.3 is 11.1 Å². The molecule has 0 fully saturated rings. The molecule has 0 saturated heterocycles. The molecule has 1 amide bonds. The molecule has 0 heterocycles. The molecule has 0 radical (unpaired) electrons. The van der Waals surface area contributed by atoms with Crippen LogP contribution in [0.4, 0.5) is 5.69 Å². The van der Waals surface area contributed by atoms with Crippen molar-refractivity contribution in [2.24, 2.45) is 5.73 Å². The van der Waals surface area contributed by atoms with E-state index in [1.54, 1.807) is 6.07 Å². The average Bonchev–Trinajstić information content (AvgIpc) is 2.12. The number of hydrogen-bond donors (Lipinski definition) is 2. The Morgan fingerprint density at radius 2 is 2.25 bits per heavy atom. The lowest BCUT2D eigenvalue weighted by molar-refractivity contribution is -0.115. The first-order chi connectivity index (χ1) is 7.40. The monoisotopic (exact) mass is 320 g/mol. The van der Waals surface area contributed by atoms with Crippen LogP contribution in [0.1, 0.15) is 12.0 Å². The normalized spacial score (nSPS) is 9.94. The van der Waals surface area contributed by atoms with Crippen molar-refractivity contribution in [1.29, 1.82) is 0 Å². The van der Waals surface area contributed by atoms with Crippen LogP contribution in [0.15, 0.2) is 16.6 Å². The van der Waals surface area contributed by atoms with Gasteiger partial charge in [-0.25, -0.2) is 0 Å². The molecule has 1 aromatic rings. The Hall–Kier alpha value is -0.650. The van der Waals surface area contributed by atoms with Crippen LogP contribution in [0.3, 0.4) is 0 Å². The lowest BCUT2D eigenvalue weighted by Gasteiger charge is -2.09. The topological polar surface area (TPSA) is 55.1 Å². The summed E-state index contributed by atoms with van der Waals surface area (Å²) in [5.41, 5.74) is 6.81. The summed E-state index contributed by atoms with van der Waals surface area (Å²) in [6.07, 6.45) is 0.0211. The van der Waals surface area contributed by atoms with Gasteiger partial charge in [-0.2, -0.15) is 0 Å². The van der Waals surface area contributed by atoms with Gasteiger partial charge in [-0.3, -0.25) is 4.79 Å². The number of anilines is 1. The van der Waals surface area contributed by atoms with Crippen LogP contribution in [0.2, 0.25) is 5.02 Å². The second-order valence-corrected chi connectivity index (χ2v) is 5.06. The first kappa shape index (κ1) is 13.4. The summed E-state index contributed by atoms with van der Waals surface area (Å²) in [6.45, 7) is 1.88. The van der Waals surface area contributed by atoms with Crippen molar-refractivity contribution in [3.05, 3.63) is 27.2 Å². The molecule has 0 aromatic heterocycles. The lowest BCUT2D eigenvalue weighted by atomic mass is 10.2. The van der Waals surface area contributed by atoms with Crippen LogP contribution in [-0.2, 0) is 4.79 Å². The molecule has 0 spiro atoms. The van der Waals surface area contributed by atoms with Gasteiger partial charge in [0.1, 0.15) is 0 Å². The van der Waals surface area contributed by atoms with Crippen LogP contribution >= 0.6 is 39.7 Å². The molecule has 0 atom stereocenters. The van der Waals surface area contributed by atoms with E-state index in [2.05, 4.69) is 33.5 Å². The number of halogens is 2. The summed E-state index contributed by atoms with van der Waals surface area (Å²) >= 11 is 13.9. The molecule has 6 heteroatoms.